The quantitative estimate of drug-likeness (QED) is 0.626. The molecule has 128 valence electrons. The van der Waals surface area contributed by atoms with Gasteiger partial charge in [0.15, 0.2) is 0 Å². The van der Waals surface area contributed by atoms with Crippen LogP contribution in [0.15, 0.2) is 53.4 Å². The minimum absolute atomic E-state index is 0.0133. The van der Waals surface area contributed by atoms with Gasteiger partial charge < -0.3 is 10.3 Å². The van der Waals surface area contributed by atoms with E-state index in [-0.39, 0.29) is 10.5 Å². The Bertz CT molecular complexity index is 568. The van der Waals surface area contributed by atoms with Crippen molar-refractivity contribution in [3.8, 4) is 0 Å². The molecule has 2 aromatic rings. The molecule has 2 rings (SSSR count). The molecule has 2 N–H and O–H groups in total. The van der Waals surface area contributed by atoms with Crippen LogP contribution in [0.1, 0.15) is 37.8 Å². The van der Waals surface area contributed by atoms with Crippen LogP contribution in [0.2, 0.25) is 0 Å². The molecule has 0 aliphatic carbocycles. The van der Waals surface area contributed by atoms with Crippen molar-refractivity contribution in [3.63, 3.8) is 0 Å². The van der Waals surface area contributed by atoms with Crippen molar-refractivity contribution in [2.45, 2.75) is 38.5 Å². The van der Waals surface area contributed by atoms with Crippen molar-refractivity contribution in [2.24, 2.45) is 0 Å². The van der Waals surface area contributed by atoms with E-state index in [9.17, 15) is 17.5 Å². The number of rotatable bonds is 2. The maximum atomic E-state index is 11.9. The summed E-state index contributed by atoms with van der Waals surface area (Å²) in [6.45, 7) is 6.25. The standard InChI is InChI=1S/C7H6F2O2S.C7H9N.C3H8/c8-7(9)5-1-3-6(4-2-5)12(10)11;1-6-4-2-3-5-7(6)8;1-3-2/h1-4,7H,(H,10,11);2-5H,8H2,1H3;3H2,1-2H3/p-1. The first-order chi connectivity index (χ1) is 10.8. The van der Waals surface area contributed by atoms with Crippen LogP contribution in [0.3, 0.4) is 0 Å². The number of hydrogen-bond acceptors (Lipinski definition) is 3. The molecule has 0 bridgehead atoms. The first kappa shape index (κ1) is 21.2. The Kier molecular flexibility index (Phi) is 10.8. The Balaban J connectivity index is 0.000000379. The van der Waals surface area contributed by atoms with Gasteiger partial charge in [-0.2, -0.15) is 0 Å². The second kappa shape index (κ2) is 11.7. The molecule has 0 saturated heterocycles. The van der Waals surface area contributed by atoms with Crippen LogP contribution in [0, 0.1) is 6.92 Å². The van der Waals surface area contributed by atoms with Gasteiger partial charge in [0.25, 0.3) is 6.43 Å². The van der Waals surface area contributed by atoms with Crippen molar-refractivity contribution in [1.82, 2.24) is 0 Å². The van der Waals surface area contributed by atoms with E-state index < -0.39 is 17.5 Å². The highest BCUT2D eigenvalue weighted by atomic mass is 32.2. The molecule has 1 unspecified atom stereocenters. The molecule has 1 atom stereocenters. The Morgan fingerprint density at radius 2 is 1.57 bits per heavy atom. The third-order valence-electron chi connectivity index (χ3n) is 2.51. The maximum absolute atomic E-state index is 11.9. The lowest BCUT2D eigenvalue weighted by atomic mass is 10.2. The van der Waals surface area contributed by atoms with E-state index in [1.54, 1.807) is 0 Å². The number of hydrogen-bond donors (Lipinski definition) is 1. The molecule has 0 aliphatic rings. The topological polar surface area (TPSA) is 66.2 Å². The lowest BCUT2D eigenvalue weighted by molar-refractivity contribution is 0.151. The highest BCUT2D eigenvalue weighted by Crippen LogP contribution is 2.19. The second-order valence-electron chi connectivity index (χ2n) is 4.67. The van der Waals surface area contributed by atoms with Gasteiger partial charge in [0.05, 0.1) is 0 Å². The number of halogens is 2. The fraction of sp³-hybridized carbons (Fsp3) is 0.294. The van der Waals surface area contributed by atoms with Crippen molar-refractivity contribution in [2.75, 3.05) is 5.73 Å². The Morgan fingerprint density at radius 1 is 1.09 bits per heavy atom. The van der Waals surface area contributed by atoms with E-state index in [1.165, 1.54) is 6.42 Å². The highest BCUT2D eigenvalue weighted by molar-refractivity contribution is 7.79. The average Bonchev–Trinajstić information content (AvgIpc) is 2.52. The average molecular weight is 342 g/mol. The molecular weight excluding hydrogens is 320 g/mol. The molecule has 0 aliphatic heterocycles. The van der Waals surface area contributed by atoms with Crippen LogP contribution in [-0.2, 0) is 11.1 Å². The molecule has 0 fully saturated rings. The Morgan fingerprint density at radius 3 is 1.87 bits per heavy atom. The molecule has 0 saturated carbocycles. The van der Waals surface area contributed by atoms with Crippen LogP contribution >= 0.6 is 0 Å². The maximum Gasteiger partial charge on any atom is 0.263 e. The van der Waals surface area contributed by atoms with E-state index in [0.29, 0.717) is 0 Å². The monoisotopic (exact) mass is 342 g/mol. The van der Waals surface area contributed by atoms with Crippen molar-refractivity contribution >= 4 is 16.8 Å². The van der Waals surface area contributed by atoms with E-state index in [4.69, 9.17) is 5.73 Å². The lowest BCUT2D eigenvalue weighted by Gasteiger charge is -2.05. The van der Waals surface area contributed by atoms with Crippen molar-refractivity contribution in [1.29, 1.82) is 0 Å². The molecule has 0 radical (unpaired) electrons. The van der Waals surface area contributed by atoms with Gasteiger partial charge >= 0.3 is 0 Å². The van der Waals surface area contributed by atoms with Crippen molar-refractivity contribution < 1.29 is 17.5 Å². The van der Waals surface area contributed by atoms with Gasteiger partial charge in [-0.3, -0.25) is 4.21 Å². The fourth-order valence-corrected chi connectivity index (χ4v) is 1.67. The van der Waals surface area contributed by atoms with Crippen molar-refractivity contribution in [3.05, 3.63) is 59.7 Å². The normalized spacial score (nSPS) is 10.9. The smallest absolute Gasteiger partial charge is 0.263 e. The third kappa shape index (κ3) is 9.05. The Hall–Kier alpha value is -1.79. The Labute approximate surface area is 138 Å². The molecule has 3 nitrogen and oxygen atoms in total. The highest BCUT2D eigenvalue weighted by Gasteiger charge is 2.05. The molecule has 0 amide bonds. The summed E-state index contributed by atoms with van der Waals surface area (Å²) in [6.07, 6.45) is -1.31. The lowest BCUT2D eigenvalue weighted by Crippen LogP contribution is -1.89. The molecule has 0 heterocycles. The fourth-order valence-electron chi connectivity index (χ4n) is 1.31. The number of alkyl halides is 2. The summed E-state index contributed by atoms with van der Waals surface area (Å²) in [4.78, 5) is 0.0133. The van der Waals surface area contributed by atoms with Crippen LogP contribution < -0.4 is 5.73 Å². The minimum Gasteiger partial charge on any atom is -0.768 e. The van der Waals surface area contributed by atoms with Gasteiger partial charge in [0.2, 0.25) is 0 Å². The largest absolute Gasteiger partial charge is 0.768 e. The van der Waals surface area contributed by atoms with E-state index >= 15 is 0 Å². The predicted octanol–water partition coefficient (Wildman–Crippen LogP) is 4.86. The van der Waals surface area contributed by atoms with Crippen LogP contribution in [0.4, 0.5) is 14.5 Å². The zero-order valence-corrected chi connectivity index (χ0v) is 14.3. The summed E-state index contributed by atoms with van der Waals surface area (Å²) < 4.78 is 44.5. The van der Waals surface area contributed by atoms with Gasteiger partial charge in [0.1, 0.15) is 0 Å². The number of benzene rings is 2. The van der Waals surface area contributed by atoms with Gasteiger partial charge in [-0.25, -0.2) is 8.78 Å². The van der Waals surface area contributed by atoms with Crippen LogP contribution in [0.25, 0.3) is 0 Å². The van der Waals surface area contributed by atoms with Gasteiger partial charge in [-0.1, -0.05) is 50.6 Å². The zero-order chi connectivity index (χ0) is 17.8. The molecule has 2 aromatic carbocycles. The number of aryl methyl sites for hydroxylation is 1. The third-order valence-corrected chi connectivity index (χ3v) is 3.17. The van der Waals surface area contributed by atoms with Gasteiger partial charge in [0, 0.05) is 16.1 Å². The summed E-state index contributed by atoms with van der Waals surface area (Å²) in [5.41, 5.74) is 7.36. The zero-order valence-electron chi connectivity index (χ0n) is 13.5. The number of para-hydroxylation sites is 1. The van der Waals surface area contributed by atoms with Gasteiger partial charge in [-0.05, 0) is 41.8 Å². The summed E-state index contributed by atoms with van der Waals surface area (Å²) >= 11 is -2.35. The SMILES string of the molecule is CCC.Cc1ccccc1N.O=S([O-])c1ccc(C(F)F)cc1. The van der Waals surface area contributed by atoms with Gasteiger partial charge in [-0.15, -0.1) is 0 Å². The first-order valence-electron chi connectivity index (χ1n) is 7.11. The molecule has 23 heavy (non-hydrogen) atoms. The summed E-state index contributed by atoms with van der Waals surface area (Å²) in [5, 5.41) is 0. The predicted molar refractivity (Wildman–Crippen MR) is 90.1 cm³/mol. The second-order valence-corrected chi connectivity index (χ2v) is 5.61. The van der Waals surface area contributed by atoms with Crippen LogP contribution in [0.5, 0.6) is 0 Å². The van der Waals surface area contributed by atoms with E-state index in [2.05, 4.69) is 13.8 Å². The first-order valence-corrected chi connectivity index (χ1v) is 8.19. The van der Waals surface area contributed by atoms with E-state index in [0.717, 1.165) is 35.5 Å². The summed E-state index contributed by atoms with van der Waals surface area (Å²) in [7, 11) is 0. The molecule has 0 spiro atoms. The number of nitrogen functional groups attached to an aromatic ring is 1. The molecule has 6 heteroatoms. The summed E-state index contributed by atoms with van der Waals surface area (Å²) in [5.74, 6) is 0. The minimum atomic E-state index is -2.56. The van der Waals surface area contributed by atoms with Crippen LogP contribution in [-0.4, -0.2) is 8.76 Å². The molecular formula is C17H22F2NO2S-. The number of anilines is 1. The molecule has 0 aromatic heterocycles. The van der Waals surface area contributed by atoms with E-state index in [1.807, 2.05) is 31.2 Å². The summed E-state index contributed by atoms with van der Waals surface area (Å²) in [6, 6.07) is 12.3. The number of nitrogens with two attached hydrogens (primary N) is 1.